The van der Waals surface area contributed by atoms with Gasteiger partial charge in [0.25, 0.3) is 5.91 Å². The fourth-order valence-electron chi connectivity index (χ4n) is 1.73. The number of hydrogen-bond donors (Lipinski definition) is 1. The summed E-state index contributed by atoms with van der Waals surface area (Å²) in [5.41, 5.74) is 0.531. The Labute approximate surface area is 94.3 Å². The van der Waals surface area contributed by atoms with Crippen LogP contribution in [0.4, 0.5) is 4.39 Å². The van der Waals surface area contributed by atoms with E-state index in [-0.39, 0.29) is 11.7 Å². The molecule has 86 valence electrons. The SMILES string of the molecule is CN(CC1CCN1)C(=O)c1ccc(F)cc1. The summed E-state index contributed by atoms with van der Waals surface area (Å²) in [5.74, 6) is -0.381. The molecule has 16 heavy (non-hydrogen) atoms. The lowest BCUT2D eigenvalue weighted by molar-refractivity contribution is 0.0766. The van der Waals surface area contributed by atoms with E-state index in [1.165, 1.54) is 24.3 Å². The van der Waals surface area contributed by atoms with Gasteiger partial charge in [0.05, 0.1) is 0 Å². The lowest BCUT2D eigenvalue weighted by atomic mass is 10.1. The zero-order valence-corrected chi connectivity index (χ0v) is 9.24. The maximum Gasteiger partial charge on any atom is 0.253 e. The summed E-state index contributed by atoms with van der Waals surface area (Å²) in [5, 5.41) is 3.24. The molecular weight excluding hydrogens is 207 g/mol. The summed E-state index contributed by atoms with van der Waals surface area (Å²) in [6, 6.07) is 6.06. The van der Waals surface area contributed by atoms with E-state index in [0.29, 0.717) is 18.2 Å². The van der Waals surface area contributed by atoms with Gasteiger partial charge in [-0.2, -0.15) is 0 Å². The standard InChI is InChI=1S/C12H15FN2O/c1-15(8-11-6-7-14-11)12(16)9-2-4-10(13)5-3-9/h2-5,11,14H,6-8H2,1H3. The summed E-state index contributed by atoms with van der Waals surface area (Å²) in [6.45, 7) is 1.74. The van der Waals surface area contributed by atoms with Gasteiger partial charge in [0, 0.05) is 25.2 Å². The molecule has 2 rings (SSSR count). The quantitative estimate of drug-likeness (QED) is 0.835. The van der Waals surface area contributed by atoms with Crippen LogP contribution in [-0.4, -0.2) is 37.0 Å². The van der Waals surface area contributed by atoms with Gasteiger partial charge in [0.2, 0.25) is 0 Å². The maximum absolute atomic E-state index is 12.7. The van der Waals surface area contributed by atoms with Gasteiger partial charge in [-0.3, -0.25) is 4.79 Å². The fraction of sp³-hybridized carbons (Fsp3) is 0.417. The van der Waals surface area contributed by atoms with Crippen LogP contribution in [0, 0.1) is 5.82 Å². The van der Waals surface area contributed by atoms with Crippen LogP contribution in [0.15, 0.2) is 24.3 Å². The van der Waals surface area contributed by atoms with Gasteiger partial charge in [-0.05, 0) is 37.2 Å². The third-order valence-electron chi connectivity index (χ3n) is 2.86. The number of hydrogen-bond acceptors (Lipinski definition) is 2. The van der Waals surface area contributed by atoms with E-state index in [0.717, 1.165) is 13.0 Å². The molecule has 1 unspecified atom stereocenters. The number of amides is 1. The molecule has 1 aliphatic rings. The Balaban J connectivity index is 1.97. The maximum atomic E-state index is 12.7. The molecule has 1 aromatic rings. The first-order chi connectivity index (χ1) is 7.66. The highest BCUT2D eigenvalue weighted by Crippen LogP contribution is 2.09. The van der Waals surface area contributed by atoms with Crippen molar-refractivity contribution >= 4 is 5.91 Å². The third-order valence-corrected chi connectivity index (χ3v) is 2.86. The van der Waals surface area contributed by atoms with Crippen LogP contribution < -0.4 is 5.32 Å². The zero-order valence-electron chi connectivity index (χ0n) is 9.24. The number of rotatable bonds is 3. The number of nitrogens with one attached hydrogen (secondary N) is 1. The van der Waals surface area contributed by atoms with Gasteiger partial charge in [0.1, 0.15) is 5.82 Å². The van der Waals surface area contributed by atoms with Crippen molar-refractivity contribution < 1.29 is 9.18 Å². The minimum absolute atomic E-state index is 0.0614. The van der Waals surface area contributed by atoms with Crippen LogP contribution in [0.1, 0.15) is 16.8 Å². The molecule has 3 nitrogen and oxygen atoms in total. The summed E-state index contributed by atoms with van der Waals surface area (Å²) in [4.78, 5) is 13.6. The Morgan fingerprint density at radius 3 is 2.62 bits per heavy atom. The van der Waals surface area contributed by atoms with E-state index in [4.69, 9.17) is 0 Å². The highest BCUT2D eigenvalue weighted by atomic mass is 19.1. The molecule has 0 spiro atoms. The number of carbonyl (C=O) groups is 1. The van der Waals surface area contributed by atoms with Crippen molar-refractivity contribution in [3.05, 3.63) is 35.6 Å². The monoisotopic (exact) mass is 222 g/mol. The molecule has 1 heterocycles. The first-order valence-electron chi connectivity index (χ1n) is 5.41. The zero-order chi connectivity index (χ0) is 11.5. The molecule has 1 aromatic carbocycles. The number of benzene rings is 1. The summed E-state index contributed by atoms with van der Waals surface area (Å²) >= 11 is 0. The van der Waals surface area contributed by atoms with Crippen molar-refractivity contribution in [3.63, 3.8) is 0 Å². The first kappa shape index (κ1) is 11.1. The fourth-order valence-corrected chi connectivity index (χ4v) is 1.73. The van der Waals surface area contributed by atoms with Crippen molar-refractivity contribution in [2.45, 2.75) is 12.5 Å². The molecule has 4 heteroatoms. The lowest BCUT2D eigenvalue weighted by Crippen LogP contribution is -2.50. The van der Waals surface area contributed by atoms with E-state index in [1.54, 1.807) is 11.9 Å². The Morgan fingerprint density at radius 2 is 2.12 bits per heavy atom. The molecule has 0 aromatic heterocycles. The molecule has 1 amide bonds. The summed E-state index contributed by atoms with van der Waals surface area (Å²) in [7, 11) is 1.77. The van der Waals surface area contributed by atoms with Crippen molar-refractivity contribution in [1.82, 2.24) is 10.2 Å². The average Bonchev–Trinajstić information content (AvgIpc) is 2.23. The molecular formula is C12H15FN2O. The molecule has 1 saturated heterocycles. The van der Waals surface area contributed by atoms with Crippen molar-refractivity contribution in [3.8, 4) is 0 Å². The van der Waals surface area contributed by atoms with Gasteiger partial charge >= 0.3 is 0 Å². The minimum Gasteiger partial charge on any atom is -0.340 e. The topological polar surface area (TPSA) is 32.3 Å². The first-order valence-corrected chi connectivity index (χ1v) is 5.41. The van der Waals surface area contributed by atoms with Gasteiger partial charge in [-0.1, -0.05) is 0 Å². The number of likely N-dealkylation sites (N-methyl/N-ethyl adjacent to an activating group) is 1. The van der Waals surface area contributed by atoms with Crippen LogP contribution in [0.5, 0.6) is 0 Å². The highest BCUT2D eigenvalue weighted by Gasteiger charge is 2.21. The second kappa shape index (κ2) is 4.61. The number of nitrogens with zero attached hydrogens (tertiary/aromatic N) is 1. The molecule has 1 aliphatic heterocycles. The van der Waals surface area contributed by atoms with Crippen LogP contribution in [0.2, 0.25) is 0 Å². The van der Waals surface area contributed by atoms with Gasteiger partial charge in [0.15, 0.2) is 0 Å². The Bertz CT molecular complexity index is 373. The predicted octanol–water partition coefficient (Wildman–Crippen LogP) is 1.26. The summed E-state index contributed by atoms with van der Waals surface area (Å²) < 4.78 is 12.7. The van der Waals surface area contributed by atoms with E-state index >= 15 is 0 Å². The molecule has 1 fully saturated rings. The molecule has 1 atom stereocenters. The Kier molecular flexibility index (Phi) is 3.19. The molecule has 0 radical (unpaired) electrons. The Hall–Kier alpha value is -1.42. The number of halogens is 1. The van der Waals surface area contributed by atoms with E-state index in [2.05, 4.69) is 5.32 Å². The molecule has 1 N–H and O–H groups in total. The number of carbonyl (C=O) groups excluding carboxylic acids is 1. The average molecular weight is 222 g/mol. The molecule has 0 saturated carbocycles. The predicted molar refractivity (Wildman–Crippen MR) is 59.8 cm³/mol. The Morgan fingerprint density at radius 1 is 1.50 bits per heavy atom. The van der Waals surface area contributed by atoms with Crippen LogP contribution in [0.3, 0.4) is 0 Å². The van der Waals surface area contributed by atoms with Gasteiger partial charge < -0.3 is 10.2 Å². The largest absolute Gasteiger partial charge is 0.340 e. The van der Waals surface area contributed by atoms with Gasteiger partial charge in [-0.25, -0.2) is 4.39 Å². The third kappa shape index (κ3) is 2.39. The normalized spacial score (nSPS) is 19.0. The molecule has 0 bridgehead atoms. The summed E-state index contributed by atoms with van der Waals surface area (Å²) in [6.07, 6.45) is 1.11. The van der Waals surface area contributed by atoms with E-state index in [9.17, 15) is 9.18 Å². The van der Waals surface area contributed by atoms with Crippen molar-refractivity contribution in [2.24, 2.45) is 0 Å². The second-order valence-corrected chi connectivity index (χ2v) is 4.13. The molecule has 0 aliphatic carbocycles. The minimum atomic E-state index is -0.320. The van der Waals surface area contributed by atoms with E-state index < -0.39 is 0 Å². The van der Waals surface area contributed by atoms with Crippen molar-refractivity contribution in [2.75, 3.05) is 20.1 Å². The lowest BCUT2D eigenvalue weighted by Gasteiger charge is -2.31. The van der Waals surface area contributed by atoms with Crippen LogP contribution in [0.25, 0.3) is 0 Å². The van der Waals surface area contributed by atoms with Crippen LogP contribution >= 0.6 is 0 Å². The van der Waals surface area contributed by atoms with E-state index in [1.807, 2.05) is 0 Å². The van der Waals surface area contributed by atoms with Gasteiger partial charge in [-0.15, -0.1) is 0 Å². The highest BCUT2D eigenvalue weighted by molar-refractivity contribution is 5.94. The van der Waals surface area contributed by atoms with Crippen LogP contribution in [-0.2, 0) is 0 Å². The smallest absolute Gasteiger partial charge is 0.253 e. The second-order valence-electron chi connectivity index (χ2n) is 4.13. The van der Waals surface area contributed by atoms with Crippen molar-refractivity contribution in [1.29, 1.82) is 0 Å².